The molecule has 2 aromatic carbocycles. The lowest BCUT2D eigenvalue weighted by Crippen LogP contribution is -2.30. The van der Waals surface area contributed by atoms with E-state index in [1.54, 1.807) is 0 Å². The Labute approximate surface area is 153 Å². The predicted octanol–water partition coefficient (Wildman–Crippen LogP) is 3.50. The van der Waals surface area contributed by atoms with Crippen molar-refractivity contribution in [2.45, 2.75) is 20.8 Å². The minimum atomic E-state index is -0.117. The first-order valence-electron chi connectivity index (χ1n) is 8.94. The molecule has 0 unspecified atom stereocenters. The highest BCUT2D eigenvalue weighted by Gasteiger charge is 2.16. The van der Waals surface area contributed by atoms with Crippen molar-refractivity contribution < 1.29 is 4.79 Å². The molecule has 0 aliphatic carbocycles. The van der Waals surface area contributed by atoms with Crippen LogP contribution in [0.2, 0.25) is 0 Å². The van der Waals surface area contributed by atoms with Crippen LogP contribution < -0.4 is 10.4 Å². The Morgan fingerprint density at radius 3 is 2.27 bits per heavy atom. The van der Waals surface area contributed by atoms with Crippen molar-refractivity contribution in [2.75, 3.05) is 13.1 Å². The molecule has 132 valence electrons. The Morgan fingerprint density at radius 2 is 1.58 bits per heavy atom. The standard InChI is InChI=1S/C22H23N3O/c1-4-25(5-2)22-16(3)15-18-13-9-10-14-19(18)20(23-24-22)21(26)17-11-7-6-8-12-17/h6-15H,4-5H2,1-3H3/b16-15?,18-15-,20-19-,22-16+,23-20?,24-22?,24-23-. The lowest BCUT2D eigenvalue weighted by Gasteiger charge is -2.22. The van der Waals surface area contributed by atoms with Crippen LogP contribution in [0, 0.1) is 0 Å². The summed E-state index contributed by atoms with van der Waals surface area (Å²) in [6.07, 6.45) is 2.08. The van der Waals surface area contributed by atoms with Gasteiger partial charge in [-0.05, 0) is 37.6 Å². The van der Waals surface area contributed by atoms with E-state index in [0.717, 1.165) is 34.9 Å². The molecule has 1 heterocycles. The largest absolute Gasteiger partial charge is 0.355 e. The van der Waals surface area contributed by atoms with E-state index in [9.17, 15) is 4.79 Å². The third-order valence-corrected chi connectivity index (χ3v) is 4.50. The maximum absolute atomic E-state index is 13.1. The minimum absolute atomic E-state index is 0.117. The number of ketones is 1. The molecule has 0 N–H and O–H groups in total. The van der Waals surface area contributed by atoms with Gasteiger partial charge in [0.25, 0.3) is 0 Å². The first-order valence-corrected chi connectivity index (χ1v) is 8.94. The molecule has 0 amide bonds. The number of hydrogen-bond acceptors (Lipinski definition) is 4. The van der Waals surface area contributed by atoms with Gasteiger partial charge in [0.15, 0.2) is 5.82 Å². The molecule has 1 aliphatic heterocycles. The second-order valence-corrected chi connectivity index (χ2v) is 6.15. The molecule has 0 fully saturated rings. The summed E-state index contributed by atoms with van der Waals surface area (Å²) in [7, 11) is 0. The number of azo groups is 1. The molecule has 4 nitrogen and oxygen atoms in total. The zero-order valence-electron chi connectivity index (χ0n) is 15.4. The first kappa shape index (κ1) is 17.8. The lowest BCUT2D eigenvalue weighted by atomic mass is 10.0. The van der Waals surface area contributed by atoms with Gasteiger partial charge in [0.2, 0.25) is 5.78 Å². The zero-order chi connectivity index (χ0) is 18.5. The number of rotatable bonds is 5. The van der Waals surface area contributed by atoms with E-state index < -0.39 is 0 Å². The van der Waals surface area contributed by atoms with E-state index in [1.165, 1.54) is 0 Å². The Hall–Kier alpha value is -3.01. The predicted molar refractivity (Wildman–Crippen MR) is 105 cm³/mol. The Balaban J connectivity index is 2.25. The summed E-state index contributed by atoms with van der Waals surface area (Å²) in [4.78, 5) is 15.2. The maximum Gasteiger partial charge on any atom is 0.213 e. The van der Waals surface area contributed by atoms with Gasteiger partial charge in [-0.2, -0.15) is 0 Å². The Kier molecular flexibility index (Phi) is 5.42. The summed E-state index contributed by atoms with van der Waals surface area (Å²) in [5.41, 5.74) is 2.03. The molecule has 3 rings (SSSR count). The number of benzene rings is 2. The molecule has 0 saturated carbocycles. The van der Waals surface area contributed by atoms with Gasteiger partial charge < -0.3 is 4.90 Å². The second kappa shape index (κ2) is 7.91. The summed E-state index contributed by atoms with van der Waals surface area (Å²) in [5.74, 6) is 0.691. The summed E-state index contributed by atoms with van der Waals surface area (Å²) in [6, 6.07) is 17.1. The smallest absolute Gasteiger partial charge is 0.213 e. The molecule has 26 heavy (non-hydrogen) atoms. The van der Waals surface area contributed by atoms with Gasteiger partial charge in [-0.25, -0.2) is 0 Å². The van der Waals surface area contributed by atoms with Crippen LogP contribution in [0.25, 0.3) is 11.8 Å². The van der Waals surface area contributed by atoms with Crippen molar-refractivity contribution in [3.63, 3.8) is 0 Å². The van der Waals surface area contributed by atoms with Crippen LogP contribution in [-0.2, 0) is 0 Å². The van der Waals surface area contributed by atoms with Crippen molar-refractivity contribution in [3.05, 3.63) is 82.0 Å². The highest BCUT2D eigenvalue weighted by Crippen LogP contribution is 2.18. The normalized spacial score (nSPS) is 21.0. The number of carbonyl (C=O) groups excluding carboxylic acids is 1. The van der Waals surface area contributed by atoms with Gasteiger partial charge in [0, 0.05) is 23.9 Å². The highest BCUT2D eigenvalue weighted by molar-refractivity contribution is 6.23. The minimum Gasteiger partial charge on any atom is -0.355 e. The summed E-state index contributed by atoms with van der Waals surface area (Å²) < 4.78 is 0. The Bertz CT molecular complexity index is 984. The first-order chi connectivity index (χ1) is 12.7. The van der Waals surface area contributed by atoms with Crippen LogP contribution in [0.3, 0.4) is 0 Å². The van der Waals surface area contributed by atoms with Gasteiger partial charge >= 0.3 is 0 Å². The number of allylic oxidation sites excluding steroid dienone is 1. The van der Waals surface area contributed by atoms with Gasteiger partial charge in [-0.1, -0.05) is 54.6 Å². The van der Waals surface area contributed by atoms with Crippen LogP contribution in [0.4, 0.5) is 0 Å². The zero-order valence-corrected chi connectivity index (χ0v) is 15.4. The van der Waals surface area contributed by atoms with Crippen molar-refractivity contribution in [3.8, 4) is 0 Å². The fourth-order valence-electron chi connectivity index (χ4n) is 3.10. The molecule has 0 spiro atoms. The number of nitrogens with zero attached hydrogens (tertiary/aromatic N) is 3. The topological polar surface area (TPSA) is 45.0 Å². The van der Waals surface area contributed by atoms with Crippen LogP contribution >= 0.6 is 0 Å². The fourth-order valence-corrected chi connectivity index (χ4v) is 3.10. The van der Waals surface area contributed by atoms with E-state index in [2.05, 4.69) is 35.1 Å². The highest BCUT2D eigenvalue weighted by atomic mass is 16.1. The third kappa shape index (κ3) is 3.49. The molecule has 0 bridgehead atoms. The molecule has 0 radical (unpaired) electrons. The number of fused-ring (bicyclic) bond motifs is 1. The van der Waals surface area contributed by atoms with Gasteiger partial charge in [0.1, 0.15) is 5.70 Å². The van der Waals surface area contributed by atoms with Gasteiger partial charge in [-0.3, -0.25) is 4.79 Å². The molecular weight excluding hydrogens is 322 g/mol. The molecule has 2 aromatic rings. The summed E-state index contributed by atoms with van der Waals surface area (Å²) in [6.45, 7) is 7.88. The molecule has 0 aromatic heterocycles. The van der Waals surface area contributed by atoms with Crippen molar-refractivity contribution in [1.29, 1.82) is 0 Å². The SMILES string of the molecule is CCN(CC)C1=C(C)/C=c2/cccc/c2=C(C(=O)c2ccccc2)/N=N\1. The van der Waals surface area contributed by atoms with Crippen LogP contribution in [0.5, 0.6) is 0 Å². The number of Topliss-reactive ketones (excluding diaryl/α,β-unsaturated/α-hetero) is 1. The third-order valence-electron chi connectivity index (χ3n) is 4.50. The fraction of sp³-hybridized carbons (Fsp3) is 0.227. The van der Waals surface area contributed by atoms with Crippen LogP contribution in [0.1, 0.15) is 31.1 Å². The molecule has 1 aliphatic rings. The average Bonchev–Trinajstić information content (AvgIpc) is 2.67. The lowest BCUT2D eigenvalue weighted by molar-refractivity contribution is 0.105. The molecule has 4 heteroatoms. The van der Waals surface area contributed by atoms with Gasteiger partial charge in [-0.15, -0.1) is 10.2 Å². The number of carbonyl (C=O) groups is 1. The van der Waals surface area contributed by atoms with E-state index in [4.69, 9.17) is 0 Å². The summed E-state index contributed by atoms with van der Waals surface area (Å²) >= 11 is 0. The average molecular weight is 345 g/mol. The molecular formula is C22H23N3O. The van der Waals surface area contributed by atoms with Crippen molar-refractivity contribution in [1.82, 2.24) is 4.90 Å². The maximum atomic E-state index is 13.1. The Morgan fingerprint density at radius 1 is 0.923 bits per heavy atom. The quantitative estimate of drug-likeness (QED) is 0.779. The van der Waals surface area contributed by atoms with E-state index in [1.807, 2.05) is 61.5 Å². The van der Waals surface area contributed by atoms with E-state index in [-0.39, 0.29) is 5.78 Å². The van der Waals surface area contributed by atoms with E-state index >= 15 is 0 Å². The molecule has 0 saturated heterocycles. The van der Waals surface area contributed by atoms with Crippen molar-refractivity contribution >= 4 is 17.6 Å². The number of hydrogen-bond donors (Lipinski definition) is 0. The summed E-state index contributed by atoms with van der Waals surface area (Å²) in [5, 5.41) is 10.7. The monoisotopic (exact) mass is 345 g/mol. The van der Waals surface area contributed by atoms with Crippen molar-refractivity contribution in [2.24, 2.45) is 10.2 Å². The van der Waals surface area contributed by atoms with Gasteiger partial charge in [0.05, 0.1) is 0 Å². The molecule has 0 atom stereocenters. The van der Waals surface area contributed by atoms with E-state index in [0.29, 0.717) is 11.3 Å². The second-order valence-electron chi connectivity index (χ2n) is 6.15. The van der Waals surface area contributed by atoms with Crippen LogP contribution in [-0.4, -0.2) is 23.8 Å². The van der Waals surface area contributed by atoms with Crippen LogP contribution in [0.15, 0.2) is 76.2 Å².